The number of pyridine rings is 1. The largest absolute Gasteiger partial charge is 0.381 e. The first-order valence-corrected chi connectivity index (χ1v) is 12.3. The molecule has 0 bridgehead atoms. The summed E-state index contributed by atoms with van der Waals surface area (Å²) >= 11 is 0. The van der Waals surface area contributed by atoms with Crippen LogP contribution in [0.2, 0.25) is 0 Å². The molecule has 0 amide bonds. The lowest BCUT2D eigenvalue weighted by molar-refractivity contribution is 0.617. The van der Waals surface area contributed by atoms with Crippen molar-refractivity contribution in [1.29, 1.82) is 0 Å². The van der Waals surface area contributed by atoms with Gasteiger partial charge in [0.05, 0.1) is 11.7 Å². The Kier molecular flexibility index (Phi) is 6.23. The Morgan fingerprint density at radius 2 is 1.94 bits per heavy atom. The minimum absolute atomic E-state index is 0.201. The van der Waals surface area contributed by atoms with Crippen molar-refractivity contribution in [1.82, 2.24) is 15.0 Å². The third-order valence-electron chi connectivity index (χ3n) is 4.74. The van der Waals surface area contributed by atoms with Crippen LogP contribution in [0.5, 0.6) is 0 Å². The molecule has 0 unspecified atom stereocenters. The van der Waals surface area contributed by atoms with Crippen molar-refractivity contribution in [2.24, 2.45) is 0 Å². The number of hydrogen-bond acceptors (Lipinski definition) is 6. The molecule has 0 radical (unpaired) electrons. The van der Waals surface area contributed by atoms with E-state index >= 15 is 0 Å². The van der Waals surface area contributed by atoms with Crippen LogP contribution in [-0.4, -0.2) is 28.3 Å². The van der Waals surface area contributed by atoms with Crippen LogP contribution in [0.25, 0.3) is 10.9 Å². The van der Waals surface area contributed by atoms with Crippen molar-refractivity contribution in [3.8, 4) is 0 Å². The van der Waals surface area contributed by atoms with Crippen LogP contribution >= 0.6 is 7.92 Å². The van der Waals surface area contributed by atoms with Gasteiger partial charge in [0.15, 0.2) is 17.5 Å². The maximum Gasteiger partial charge on any atom is 0.171 e. The molecule has 31 heavy (non-hydrogen) atoms. The zero-order valence-electron chi connectivity index (χ0n) is 17.4. The van der Waals surface area contributed by atoms with Crippen LogP contribution in [0, 0.1) is 5.82 Å². The Bertz CT molecular complexity index is 1210. The Balaban J connectivity index is 1.47. The normalized spacial score (nSPS) is 11.1. The second-order valence-corrected chi connectivity index (χ2v) is 10.0. The molecule has 6 nitrogen and oxygen atoms in total. The van der Waals surface area contributed by atoms with Gasteiger partial charge in [0.2, 0.25) is 0 Å². The number of benzene rings is 2. The number of rotatable bonds is 7. The molecule has 8 heteroatoms. The first kappa shape index (κ1) is 20.9. The van der Waals surface area contributed by atoms with Crippen molar-refractivity contribution in [3.05, 3.63) is 77.9 Å². The lowest BCUT2D eigenvalue weighted by Crippen LogP contribution is -2.08. The lowest BCUT2D eigenvalue weighted by atomic mass is 10.1. The molecule has 4 N–H and O–H groups in total. The molecule has 0 aliphatic carbocycles. The van der Waals surface area contributed by atoms with Crippen molar-refractivity contribution in [2.45, 2.75) is 12.7 Å². The van der Waals surface area contributed by atoms with Crippen molar-refractivity contribution < 1.29 is 4.39 Å². The topological polar surface area (TPSA) is 88.8 Å². The molecule has 0 aliphatic rings. The van der Waals surface area contributed by atoms with E-state index in [2.05, 4.69) is 45.0 Å². The summed E-state index contributed by atoms with van der Waals surface area (Å²) in [5.74, 6) is 1.04. The lowest BCUT2D eigenvalue weighted by Gasteiger charge is -2.12. The summed E-state index contributed by atoms with van der Waals surface area (Å²) in [6.45, 7) is 4.80. The summed E-state index contributed by atoms with van der Waals surface area (Å²) in [4.78, 5) is 13.0. The van der Waals surface area contributed by atoms with E-state index in [0.717, 1.165) is 28.2 Å². The van der Waals surface area contributed by atoms with Gasteiger partial charge < -0.3 is 16.4 Å². The third-order valence-corrected chi connectivity index (χ3v) is 5.71. The first-order chi connectivity index (χ1) is 15.0. The highest BCUT2D eigenvalue weighted by Gasteiger charge is 2.09. The Morgan fingerprint density at radius 1 is 1.06 bits per heavy atom. The average Bonchev–Trinajstić information content (AvgIpc) is 2.75. The van der Waals surface area contributed by atoms with Crippen LogP contribution < -0.4 is 16.4 Å². The third kappa shape index (κ3) is 5.25. The van der Waals surface area contributed by atoms with E-state index in [0.29, 0.717) is 29.7 Å². The SMILES string of the molecule is CP(C)Cc1ccc(Nc2cnc(N)c(NCc3ccc4ncccc4c3)n2)cc1F. The maximum atomic E-state index is 14.4. The van der Waals surface area contributed by atoms with E-state index in [9.17, 15) is 4.39 Å². The quantitative estimate of drug-likeness (QED) is 0.340. The van der Waals surface area contributed by atoms with Crippen molar-refractivity contribution in [2.75, 3.05) is 29.7 Å². The molecule has 2 aromatic heterocycles. The maximum absolute atomic E-state index is 14.4. The molecule has 4 aromatic rings. The van der Waals surface area contributed by atoms with E-state index in [1.807, 2.05) is 36.4 Å². The van der Waals surface area contributed by atoms with Crippen LogP contribution in [0.15, 0.2) is 60.9 Å². The average molecular weight is 434 g/mol. The van der Waals surface area contributed by atoms with Crippen LogP contribution in [0.1, 0.15) is 11.1 Å². The zero-order chi connectivity index (χ0) is 21.8. The zero-order valence-corrected chi connectivity index (χ0v) is 18.3. The van der Waals surface area contributed by atoms with Crippen LogP contribution in [-0.2, 0) is 12.7 Å². The second-order valence-electron chi connectivity index (χ2n) is 7.54. The van der Waals surface area contributed by atoms with Gasteiger partial charge in [-0.2, -0.15) is 0 Å². The van der Waals surface area contributed by atoms with E-state index in [-0.39, 0.29) is 13.7 Å². The van der Waals surface area contributed by atoms with Gasteiger partial charge in [-0.25, -0.2) is 14.4 Å². The van der Waals surface area contributed by atoms with Gasteiger partial charge in [-0.15, -0.1) is 7.92 Å². The predicted octanol–water partition coefficient (Wildman–Crippen LogP) is 5.34. The Morgan fingerprint density at radius 3 is 2.74 bits per heavy atom. The van der Waals surface area contributed by atoms with Crippen molar-refractivity contribution in [3.63, 3.8) is 0 Å². The highest BCUT2D eigenvalue weighted by atomic mass is 31.1. The summed E-state index contributed by atoms with van der Waals surface area (Å²) in [7, 11) is -0.201. The van der Waals surface area contributed by atoms with Gasteiger partial charge in [0.25, 0.3) is 0 Å². The molecular weight excluding hydrogens is 410 g/mol. The summed E-state index contributed by atoms with van der Waals surface area (Å²) in [5.41, 5.74) is 9.37. The Labute approximate surface area is 181 Å². The fourth-order valence-electron chi connectivity index (χ4n) is 3.25. The molecule has 0 saturated carbocycles. The molecule has 0 aliphatic heterocycles. The smallest absolute Gasteiger partial charge is 0.171 e. The van der Waals surface area contributed by atoms with Crippen molar-refractivity contribution >= 4 is 42.0 Å². The summed E-state index contributed by atoms with van der Waals surface area (Å²) < 4.78 is 14.4. The molecule has 0 atom stereocenters. The Hall–Kier alpha value is -3.31. The first-order valence-electron chi connectivity index (χ1n) is 9.88. The molecule has 0 fully saturated rings. The molecule has 2 aromatic carbocycles. The number of nitrogens with two attached hydrogens (primary N) is 1. The van der Waals surface area contributed by atoms with E-state index < -0.39 is 0 Å². The number of hydrogen-bond donors (Lipinski definition) is 3. The number of fused-ring (bicyclic) bond motifs is 1. The molecule has 4 rings (SSSR count). The monoisotopic (exact) mass is 434 g/mol. The van der Waals surface area contributed by atoms with Gasteiger partial charge in [0.1, 0.15) is 5.82 Å². The van der Waals surface area contributed by atoms with Gasteiger partial charge in [-0.05, 0) is 61.0 Å². The minimum atomic E-state index is -0.214. The fraction of sp³-hybridized carbons (Fsp3) is 0.174. The molecule has 0 saturated heterocycles. The van der Waals surface area contributed by atoms with Crippen LogP contribution in [0.3, 0.4) is 0 Å². The molecule has 2 heterocycles. The number of nitrogens with zero attached hydrogens (tertiary/aromatic N) is 3. The molecule has 0 spiro atoms. The van der Waals surface area contributed by atoms with Gasteiger partial charge >= 0.3 is 0 Å². The fourth-order valence-corrected chi connectivity index (χ4v) is 4.19. The second kappa shape index (κ2) is 9.23. The van der Waals surface area contributed by atoms with Gasteiger partial charge in [-0.1, -0.05) is 18.2 Å². The van der Waals surface area contributed by atoms with Gasteiger partial charge in [0, 0.05) is 23.8 Å². The predicted molar refractivity (Wildman–Crippen MR) is 128 cm³/mol. The van der Waals surface area contributed by atoms with E-state index in [4.69, 9.17) is 5.73 Å². The highest BCUT2D eigenvalue weighted by Crippen LogP contribution is 2.32. The summed E-state index contributed by atoms with van der Waals surface area (Å²) in [5, 5.41) is 7.40. The number of nitrogens with one attached hydrogen (secondary N) is 2. The number of anilines is 4. The number of nitrogen functional groups attached to an aromatic ring is 1. The van der Waals surface area contributed by atoms with Gasteiger partial charge in [-0.3, -0.25) is 4.98 Å². The highest BCUT2D eigenvalue weighted by molar-refractivity contribution is 7.55. The number of halogens is 1. The summed E-state index contributed by atoms with van der Waals surface area (Å²) in [6.07, 6.45) is 4.08. The standard InChI is InChI=1S/C23H24FN6P/c1-31(2)14-17-6-7-18(11-19(17)24)29-21-13-27-22(25)23(30-21)28-12-15-5-8-20-16(10-15)4-3-9-26-20/h3-11,13H,12,14H2,1-2H3,(H2,25,27)(H2,28,29,30). The van der Waals surface area contributed by atoms with E-state index in [1.165, 1.54) is 12.3 Å². The summed E-state index contributed by atoms with van der Waals surface area (Å²) in [6, 6.07) is 15.2. The molecule has 158 valence electrons. The molecular formula is C23H24FN6P. The van der Waals surface area contributed by atoms with Crippen LogP contribution in [0.4, 0.5) is 27.5 Å². The number of aromatic nitrogens is 3. The van der Waals surface area contributed by atoms with E-state index in [1.54, 1.807) is 6.20 Å². The minimum Gasteiger partial charge on any atom is -0.381 e.